The number of carbonyl (C=O) groups excluding carboxylic acids is 1. The number of carbonyl (C=O) groups is 1. The van der Waals surface area contributed by atoms with Crippen molar-refractivity contribution in [2.45, 2.75) is 19.4 Å². The molecule has 0 bridgehead atoms. The minimum absolute atomic E-state index is 0.0871. The lowest BCUT2D eigenvalue weighted by atomic mass is 9.95. The summed E-state index contributed by atoms with van der Waals surface area (Å²) in [5.74, 6) is 0.114. The van der Waals surface area contributed by atoms with Gasteiger partial charge in [-0.1, -0.05) is 6.92 Å². The number of anilines is 1. The molecule has 102 valence electrons. The normalized spacial score (nSPS) is 23.2. The molecule has 0 aliphatic carbocycles. The highest BCUT2D eigenvalue weighted by atomic mass is 16.6. The molecule has 1 N–H and O–H groups in total. The van der Waals surface area contributed by atoms with E-state index in [0.29, 0.717) is 37.0 Å². The van der Waals surface area contributed by atoms with Gasteiger partial charge in [0.15, 0.2) is 6.29 Å². The number of nitro benzene ring substituents is 1. The number of rotatable bonds is 3. The molecule has 0 radical (unpaired) electrons. The summed E-state index contributed by atoms with van der Waals surface area (Å²) in [6.07, 6.45) is 0.947. The fourth-order valence-electron chi connectivity index (χ4n) is 2.39. The largest absolute Gasteiger partial charge is 0.393 e. The van der Waals surface area contributed by atoms with Crippen LogP contribution in [-0.2, 0) is 0 Å². The number of aliphatic hydroxyl groups is 1. The van der Waals surface area contributed by atoms with E-state index in [0.717, 1.165) is 0 Å². The number of hydrogen-bond donors (Lipinski definition) is 1. The average Bonchev–Trinajstić information content (AvgIpc) is 2.41. The van der Waals surface area contributed by atoms with Crippen LogP contribution in [0.15, 0.2) is 18.2 Å². The highest BCUT2D eigenvalue weighted by molar-refractivity contribution is 5.86. The maximum atomic E-state index is 11.1. The van der Waals surface area contributed by atoms with E-state index in [1.807, 2.05) is 11.8 Å². The fourth-order valence-corrected chi connectivity index (χ4v) is 2.39. The molecule has 1 aliphatic heterocycles. The molecule has 0 spiro atoms. The smallest absolute Gasteiger partial charge is 0.270 e. The van der Waals surface area contributed by atoms with Crippen LogP contribution < -0.4 is 4.90 Å². The van der Waals surface area contributed by atoms with Gasteiger partial charge in [-0.25, -0.2) is 0 Å². The number of non-ortho nitro benzene ring substituents is 1. The van der Waals surface area contributed by atoms with Crippen LogP contribution in [0, 0.1) is 16.0 Å². The van der Waals surface area contributed by atoms with Gasteiger partial charge in [-0.05, 0) is 18.4 Å². The van der Waals surface area contributed by atoms with E-state index in [9.17, 15) is 20.0 Å². The highest BCUT2D eigenvalue weighted by Crippen LogP contribution is 2.28. The Bertz CT molecular complexity index is 503. The standard InChI is InChI=1S/C13H16N2O4/c1-9-7-14(5-4-13(9)17)12-3-2-11(15(18)19)6-10(12)8-16/h2-3,6,8-9,13,17H,4-5,7H2,1H3. The predicted octanol–water partition coefficient (Wildman–Crippen LogP) is 1.61. The van der Waals surface area contributed by atoms with E-state index in [-0.39, 0.29) is 17.7 Å². The van der Waals surface area contributed by atoms with Crippen molar-refractivity contribution in [2.75, 3.05) is 18.0 Å². The summed E-state index contributed by atoms with van der Waals surface area (Å²) < 4.78 is 0. The third kappa shape index (κ3) is 2.73. The molecular weight excluding hydrogens is 248 g/mol. The van der Waals surface area contributed by atoms with Crippen molar-refractivity contribution in [3.05, 3.63) is 33.9 Å². The quantitative estimate of drug-likeness (QED) is 0.509. The van der Waals surface area contributed by atoms with E-state index in [4.69, 9.17) is 0 Å². The number of benzene rings is 1. The first-order chi connectivity index (χ1) is 9.02. The Morgan fingerprint density at radius 2 is 2.26 bits per heavy atom. The Labute approximate surface area is 110 Å². The molecule has 2 atom stereocenters. The molecule has 0 saturated carbocycles. The van der Waals surface area contributed by atoms with Crippen LogP contribution in [0.4, 0.5) is 11.4 Å². The van der Waals surface area contributed by atoms with E-state index in [1.165, 1.54) is 12.1 Å². The summed E-state index contributed by atoms with van der Waals surface area (Å²) >= 11 is 0. The number of aldehydes is 1. The number of aliphatic hydroxyl groups excluding tert-OH is 1. The van der Waals surface area contributed by atoms with Gasteiger partial charge in [-0.2, -0.15) is 0 Å². The van der Waals surface area contributed by atoms with Crippen LogP contribution in [0.25, 0.3) is 0 Å². The molecule has 0 aromatic heterocycles. The predicted molar refractivity (Wildman–Crippen MR) is 70.5 cm³/mol. The summed E-state index contributed by atoms with van der Waals surface area (Å²) in [6, 6.07) is 4.29. The van der Waals surface area contributed by atoms with Crippen molar-refractivity contribution in [1.82, 2.24) is 0 Å². The molecule has 2 rings (SSSR count). The zero-order chi connectivity index (χ0) is 14.0. The number of hydrogen-bond acceptors (Lipinski definition) is 5. The molecule has 19 heavy (non-hydrogen) atoms. The first kappa shape index (κ1) is 13.5. The first-order valence-corrected chi connectivity index (χ1v) is 6.19. The Balaban J connectivity index is 2.29. The fraction of sp³-hybridized carbons (Fsp3) is 0.462. The van der Waals surface area contributed by atoms with Gasteiger partial charge in [0.25, 0.3) is 5.69 Å². The van der Waals surface area contributed by atoms with Gasteiger partial charge in [0.1, 0.15) is 0 Å². The molecule has 6 nitrogen and oxygen atoms in total. The molecule has 1 fully saturated rings. The van der Waals surface area contributed by atoms with Crippen molar-refractivity contribution in [2.24, 2.45) is 5.92 Å². The van der Waals surface area contributed by atoms with Crippen molar-refractivity contribution in [3.63, 3.8) is 0 Å². The zero-order valence-electron chi connectivity index (χ0n) is 10.7. The molecular formula is C13H16N2O4. The Morgan fingerprint density at radius 3 is 2.84 bits per heavy atom. The lowest BCUT2D eigenvalue weighted by Gasteiger charge is -2.36. The van der Waals surface area contributed by atoms with Gasteiger partial charge in [0, 0.05) is 36.5 Å². The van der Waals surface area contributed by atoms with Gasteiger partial charge in [-0.15, -0.1) is 0 Å². The molecule has 0 amide bonds. The third-order valence-corrected chi connectivity index (χ3v) is 3.55. The maximum Gasteiger partial charge on any atom is 0.270 e. The Morgan fingerprint density at radius 1 is 1.53 bits per heavy atom. The van der Waals surface area contributed by atoms with Gasteiger partial charge in [-0.3, -0.25) is 14.9 Å². The lowest BCUT2D eigenvalue weighted by molar-refractivity contribution is -0.384. The second-order valence-corrected chi connectivity index (χ2v) is 4.90. The summed E-state index contributed by atoms with van der Waals surface area (Å²) in [7, 11) is 0. The van der Waals surface area contributed by atoms with Crippen LogP contribution in [0.3, 0.4) is 0 Å². The maximum absolute atomic E-state index is 11.1. The minimum Gasteiger partial charge on any atom is -0.393 e. The Kier molecular flexibility index (Phi) is 3.80. The number of nitrogens with zero attached hydrogens (tertiary/aromatic N) is 2. The number of piperidine rings is 1. The second kappa shape index (κ2) is 5.36. The van der Waals surface area contributed by atoms with E-state index in [2.05, 4.69) is 0 Å². The highest BCUT2D eigenvalue weighted by Gasteiger charge is 2.26. The summed E-state index contributed by atoms with van der Waals surface area (Å²) in [5, 5.41) is 20.4. The lowest BCUT2D eigenvalue weighted by Crippen LogP contribution is -2.42. The second-order valence-electron chi connectivity index (χ2n) is 4.90. The molecule has 1 heterocycles. The van der Waals surface area contributed by atoms with Crippen molar-refractivity contribution in [3.8, 4) is 0 Å². The molecule has 6 heteroatoms. The van der Waals surface area contributed by atoms with Crippen molar-refractivity contribution in [1.29, 1.82) is 0 Å². The summed E-state index contributed by atoms with van der Waals surface area (Å²) in [6.45, 7) is 3.23. The average molecular weight is 264 g/mol. The van der Waals surface area contributed by atoms with Crippen LogP contribution in [-0.4, -0.2) is 35.5 Å². The van der Waals surface area contributed by atoms with Crippen LogP contribution in [0.2, 0.25) is 0 Å². The van der Waals surface area contributed by atoms with Crippen molar-refractivity contribution < 1.29 is 14.8 Å². The molecule has 1 aromatic rings. The van der Waals surface area contributed by atoms with Crippen LogP contribution in [0.1, 0.15) is 23.7 Å². The summed E-state index contributed by atoms with van der Waals surface area (Å²) in [5.41, 5.74) is 0.924. The van der Waals surface area contributed by atoms with E-state index < -0.39 is 4.92 Å². The number of nitro groups is 1. The molecule has 1 aromatic carbocycles. The molecule has 1 aliphatic rings. The van der Waals surface area contributed by atoms with Gasteiger partial charge < -0.3 is 10.0 Å². The SMILES string of the molecule is CC1CN(c2ccc([N+](=O)[O-])cc2C=O)CCC1O. The third-order valence-electron chi connectivity index (χ3n) is 3.55. The van der Waals surface area contributed by atoms with Gasteiger partial charge in [0.05, 0.1) is 11.0 Å². The van der Waals surface area contributed by atoms with E-state index in [1.54, 1.807) is 6.07 Å². The van der Waals surface area contributed by atoms with Gasteiger partial charge in [0.2, 0.25) is 0 Å². The first-order valence-electron chi connectivity index (χ1n) is 6.19. The summed E-state index contributed by atoms with van der Waals surface area (Å²) in [4.78, 5) is 23.3. The Hall–Kier alpha value is -1.95. The minimum atomic E-state index is -0.515. The van der Waals surface area contributed by atoms with Crippen LogP contribution >= 0.6 is 0 Å². The van der Waals surface area contributed by atoms with Gasteiger partial charge >= 0.3 is 0 Å². The van der Waals surface area contributed by atoms with Crippen LogP contribution in [0.5, 0.6) is 0 Å². The van der Waals surface area contributed by atoms with E-state index >= 15 is 0 Å². The molecule has 2 unspecified atom stereocenters. The molecule has 1 saturated heterocycles. The van der Waals surface area contributed by atoms with Crippen molar-refractivity contribution >= 4 is 17.7 Å². The topological polar surface area (TPSA) is 83.7 Å². The monoisotopic (exact) mass is 264 g/mol. The zero-order valence-corrected chi connectivity index (χ0v) is 10.7.